The summed E-state index contributed by atoms with van der Waals surface area (Å²) in [6.07, 6.45) is -3.76. The van der Waals surface area contributed by atoms with E-state index in [9.17, 15) is 27.6 Å². The number of nitrogens with zero attached hydrogens (tertiary/aromatic N) is 1. The third-order valence-corrected chi connectivity index (χ3v) is 4.35. The number of alkyl halides is 3. The highest BCUT2D eigenvalue weighted by Crippen LogP contribution is 2.29. The van der Waals surface area contributed by atoms with E-state index in [1.807, 2.05) is 19.1 Å². The molecule has 0 saturated heterocycles. The second-order valence-corrected chi connectivity index (χ2v) is 6.57. The van der Waals surface area contributed by atoms with Gasteiger partial charge in [-0.25, -0.2) is 0 Å². The van der Waals surface area contributed by atoms with Crippen molar-refractivity contribution in [2.24, 2.45) is 0 Å². The predicted molar refractivity (Wildman–Crippen MR) is 106 cm³/mol. The fourth-order valence-electron chi connectivity index (χ4n) is 2.65. The number of halogens is 3. The molecular formula is C21H22F3N3O3. The van der Waals surface area contributed by atoms with Gasteiger partial charge in [-0.3, -0.25) is 14.4 Å². The van der Waals surface area contributed by atoms with E-state index in [1.165, 1.54) is 7.05 Å². The molecule has 0 bridgehead atoms. The Morgan fingerprint density at radius 1 is 1.00 bits per heavy atom. The predicted octanol–water partition coefficient (Wildman–Crippen LogP) is 3.09. The van der Waals surface area contributed by atoms with E-state index < -0.39 is 30.1 Å². The number of aryl methyl sites for hydroxylation is 1. The Bertz CT molecular complexity index is 912. The number of para-hydroxylation sites is 1. The summed E-state index contributed by atoms with van der Waals surface area (Å²) >= 11 is 0. The van der Waals surface area contributed by atoms with E-state index in [4.69, 9.17) is 0 Å². The van der Waals surface area contributed by atoms with Crippen molar-refractivity contribution in [1.29, 1.82) is 0 Å². The Labute approximate surface area is 172 Å². The Kier molecular flexibility index (Phi) is 7.57. The van der Waals surface area contributed by atoms with Gasteiger partial charge in [0.05, 0.1) is 18.7 Å². The van der Waals surface area contributed by atoms with Crippen molar-refractivity contribution in [3.63, 3.8) is 0 Å². The molecule has 6 nitrogen and oxygen atoms in total. The van der Waals surface area contributed by atoms with Crippen molar-refractivity contribution < 1.29 is 27.6 Å². The molecule has 3 amide bonds. The zero-order valence-corrected chi connectivity index (χ0v) is 16.5. The minimum atomic E-state index is -4.49. The van der Waals surface area contributed by atoms with Crippen LogP contribution in [0.15, 0.2) is 48.5 Å². The summed E-state index contributed by atoms with van der Waals surface area (Å²) in [6, 6.07) is 11.0. The normalized spacial score (nSPS) is 11.0. The van der Waals surface area contributed by atoms with Gasteiger partial charge in [-0.05, 0) is 42.3 Å². The fraction of sp³-hybridized carbons (Fsp3) is 0.286. The van der Waals surface area contributed by atoms with Gasteiger partial charge in [0.2, 0.25) is 11.8 Å². The molecule has 0 aliphatic heterocycles. The maximum atomic E-state index is 12.6. The van der Waals surface area contributed by atoms with Crippen LogP contribution in [0.3, 0.4) is 0 Å². The molecule has 9 heteroatoms. The van der Waals surface area contributed by atoms with Crippen LogP contribution in [0, 0.1) is 0 Å². The monoisotopic (exact) mass is 421 g/mol. The number of carbonyl (C=O) groups is 3. The lowest BCUT2D eigenvalue weighted by Gasteiger charge is -2.18. The van der Waals surface area contributed by atoms with E-state index >= 15 is 0 Å². The Hall–Kier alpha value is -3.36. The maximum absolute atomic E-state index is 12.6. The van der Waals surface area contributed by atoms with E-state index in [-0.39, 0.29) is 18.0 Å². The molecule has 0 aromatic heterocycles. The van der Waals surface area contributed by atoms with E-state index in [0.29, 0.717) is 5.69 Å². The number of benzene rings is 2. The first-order valence-electron chi connectivity index (χ1n) is 9.19. The summed E-state index contributed by atoms with van der Waals surface area (Å²) in [5, 5.41) is 5.08. The average Bonchev–Trinajstić information content (AvgIpc) is 2.71. The highest BCUT2D eigenvalue weighted by atomic mass is 19.4. The van der Waals surface area contributed by atoms with Crippen LogP contribution in [0.4, 0.5) is 18.9 Å². The number of amides is 3. The van der Waals surface area contributed by atoms with Crippen LogP contribution in [-0.4, -0.2) is 42.8 Å². The molecule has 0 spiro atoms. The fourth-order valence-corrected chi connectivity index (χ4v) is 2.65. The first-order chi connectivity index (χ1) is 14.1. The zero-order valence-electron chi connectivity index (χ0n) is 16.5. The number of hydrogen-bond donors (Lipinski definition) is 2. The van der Waals surface area contributed by atoms with Crippen LogP contribution in [0.5, 0.6) is 0 Å². The largest absolute Gasteiger partial charge is 0.416 e. The molecule has 0 aliphatic carbocycles. The Morgan fingerprint density at radius 3 is 2.23 bits per heavy atom. The van der Waals surface area contributed by atoms with Gasteiger partial charge in [-0.1, -0.05) is 25.1 Å². The van der Waals surface area contributed by atoms with Gasteiger partial charge in [0.1, 0.15) is 0 Å². The molecule has 0 unspecified atom stereocenters. The van der Waals surface area contributed by atoms with E-state index in [1.54, 1.807) is 12.1 Å². The highest BCUT2D eigenvalue weighted by Gasteiger charge is 2.30. The summed E-state index contributed by atoms with van der Waals surface area (Å²) < 4.78 is 37.7. The quantitative estimate of drug-likeness (QED) is 0.721. The molecule has 0 radical (unpaired) electrons. The van der Waals surface area contributed by atoms with Crippen LogP contribution in [0.2, 0.25) is 0 Å². The second kappa shape index (κ2) is 9.91. The minimum Gasteiger partial charge on any atom is -0.343 e. The number of nitrogens with one attached hydrogen (secondary N) is 2. The smallest absolute Gasteiger partial charge is 0.343 e. The molecule has 0 atom stereocenters. The molecule has 0 heterocycles. The van der Waals surface area contributed by atoms with E-state index in [0.717, 1.165) is 41.1 Å². The van der Waals surface area contributed by atoms with Crippen molar-refractivity contribution >= 4 is 23.4 Å². The molecule has 2 aromatic carbocycles. The molecule has 0 fully saturated rings. The van der Waals surface area contributed by atoms with Crippen molar-refractivity contribution in [1.82, 2.24) is 10.2 Å². The van der Waals surface area contributed by atoms with Crippen molar-refractivity contribution in [2.75, 3.05) is 25.5 Å². The lowest BCUT2D eigenvalue weighted by molar-refractivity contribution is -0.137. The van der Waals surface area contributed by atoms with Gasteiger partial charge in [0, 0.05) is 18.3 Å². The summed E-state index contributed by atoms with van der Waals surface area (Å²) in [4.78, 5) is 37.5. The van der Waals surface area contributed by atoms with Crippen LogP contribution in [0.1, 0.15) is 28.4 Å². The van der Waals surface area contributed by atoms with Gasteiger partial charge < -0.3 is 15.5 Å². The van der Waals surface area contributed by atoms with Gasteiger partial charge >= 0.3 is 6.18 Å². The summed E-state index contributed by atoms with van der Waals surface area (Å²) in [7, 11) is 1.41. The first-order valence-corrected chi connectivity index (χ1v) is 9.19. The summed E-state index contributed by atoms with van der Waals surface area (Å²) in [5.74, 6) is -1.60. The molecule has 0 aliphatic rings. The molecule has 0 saturated carbocycles. The van der Waals surface area contributed by atoms with Crippen molar-refractivity contribution in [3.8, 4) is 0 Å². The molecule has 2 rings (SSSR count). The third kappa shape index (κ3) is 6.33. The Morgan fingerprint density at radius 2 is 1.63 bits per heavy atom. The van der Waals surface area contributed by atoms with Crippen molar-refractivity contribution in [2.45, 2.75) is 19.5 Å². The van der Waals surface area contributed by atoms with Gasteiger partial charge in [-0.2, -0.15) is 13.2 Å². The summed E-state index contributed by atoms with van der Waals surface area (Å²) in [6.45, 7) is 1.35. The van der Waals surface area contributed by atoms with Gasteiger partial charge in [0.15, 0.2) is 0 Å². The average molecular weight is 421 g/mol. The molecule has 2 aromatic rings. The number of anilines is 1. The summed E-state index contributed by atoms with van der Waals surface area (Å²) in [5.41, 5.74) is 0.753. The lowest BCUT2D eigenvalue weighted by atomic mass is 10.1. The van der Waals surface area contributed by atoms with Crippen LogP contribution < -0.4 is 10.6 Å². The van der Waals surface area contributed by atoms with Crippen LogP contribution in [0.25, 0.3) is 0 Å². The van der Waals surface area contributed by atoms with Crippen LogP contribution in [-0.2, 0) is 22.2 Å². The second-order valence-electron chi connectivity index (χ2n) is 6.57. The molecule has 30 heavy (non-hydrogen) atoms. The van der Waals surface area contributed by atoms with Gasteiger partial charge in [-0.15, -0.1) is 0 Å². The maximum Gasteiger partial charge on any atom is 0.416 e. The number of carbonyl (C=O) groups excluding carboxylic acids is 3. The topological polar surface area (TPSA) is 78.5 Å². The molecular weight excluding hydrogens is 399 g/mol. The first kappa shape index (κ1) is 22.9. The lowest BCUT2D eigenvalue weighted by Crippen LogP contribution is -2.41. The SMILES string of the molecule is CCc1ccccc1NC(=O)CN(C)C(=O)CNC(=O)c1ccc(C(F)(F)F)cc1. The minimum absolute atomic E-state index is 0.00707. The molecule has 2 N–H and O–H groups in total. The van der Waals surface area contributed by atoms with Gasteiger partial charge in [0.25, 0.3) is 5.91 Å². The standard InChI is InChI=1S/C21H22F3N3O3/c1-3-14-6-4-5-7-17(14)26-18(28)13-27(2)19(29)12-25-20(30)15-8-10-16(11-9-15)21(22,23)24/h4-11H,3,12-13H2,1-2H3,(H,25,30)(H,26,28). The third-order valence-electron chi connectivity index (χ3n) is 4.35. The number of hydrogen-bond acceptors (Lipinski definition) is 3. The number of rotatable bonds is 7. The van der Waals surface area contributed by atoms with Crippen LogP contribution >= 0.6 is 0 Å². The number of likely N-dealkylation sites (N-methyl/N-ethyl adjacent to an activating group) is 1. The van der Waals surface area contributed by atoms with E-state index in [2.05, 4.69) is 10.6 Å². The molecule has 160 valence electrons. The zero-order chi connectivity index (χ0) is 22.3. The highest BCUT2D eigenvalue weighted by molar-refractivity contribution is 5.98. The van der Waals surface area contributed by atoms with Crippen molar-refractivity contribution in [3.05, 3.63) is 65.2 Å². The Balaban J connectivity index is 1.85.